The number of carbonyl (C=O) groups excluding carboxylic acids is 2. The molecule has 7 heteroatoms. The number of thioether (sulfide) groups is 1. The second-order valence-corrected chi connectivity index (χ2v) is 8.85. The molecule has 1 atom stereocenters. The van der Waals surface area contributed by atoms with Gasteiger partial charge in [0.2, 0.25) is 0 Å². The van der Waals surface area contributed by atoms with Crippen molar-refractivity contribution in [3.63, 3.8) is 0 Å². The summed E-state index contributed by atoms with van der Waals surface area (Å²) in [5.74, 6) is -0.442. The number of aromatic hydroxyl groups is 1. The number of rotatable bonds is 13. The van der Waals surface area contributed by atoms with E-state index in [9.17, 15) is 19.5 Å². The zero-order valence-corrected chi connectivity index (χ0v) is 19.5. The van der Waals surface area contributed by atoms with Crippen LogP contribution in [0.15, 0.2) is 41.3 Å². The maximum absolute atomic E-state index is 12.3. The average Bonchev–Trinajstić information content (AvgIpc) is 2.75. The van der Waals surface area contributed by atoms with Crippen molar-refractivity contribution < 1.29 is 29.3 Å². The molecule has 2 rings (SSSR count). The van der Waals surface area contributed by atoms with Crippen molar-refractivity contribution in [2.24, 2.45) is 5.92 Å². The Kier molecular flexibility index (Phi) is 9.78. The Balaban J connectivity index is 1.85. The van der Waals surface area contributed by atoms with Gasteiger partial charge >= 0.3 is 5.97 Å². The minimum Gasteiger partial charge on any atom is -0.507 e. The number of ketones is 2. The second kappa shape index (κ2) is 12.3. The largest absolute Gasteiger partial charge is 0.507 e. The van der Waals surface area contributed by atoms with Crippen LogP contribution in [0, 0.1) is 5.92 Å². The standard InChI is InChI=1S/C25H30O6S/c1-4-6-21-22(12-11-20(17(3)26)25(21)30)31-13-5-14-32-19-9-7-18(8-10-19)24(29)16(2)15-23(27)28/h7-12,16,30H,4-6,13-15H2,1-3H3,(H,27,28). The molecule has 0 aromatic heterocycles. The summed E-state index contributed by atoms with van der Waals surface area (Å²) < 4.78 is 5.87. The lowest BCUT2D eigenvalue weighted by Crippen LogP contribution is -2.15. The third kappa shape index (κ3) is 7.12. The summed E-state index contributed by atoms with van der Waals surface area (Å²) in [5, 5.41) is 19.2. The molecule has 0 saturated heterocycles. The predicted octanol–water partition coefficient (Wildman–Crippen LogP) is 5.40. The summed E-state index contributed by atoms with van der Waals surface area (Å²) in [6.07, 6.45) is 2.06. The number of hydrogen-bond acceptors (Lipinski definition) is 6. The first-order valence-corrected chi connectivity index (χ1v) is 11.7. The Morgan fingerprint density at radius 2 is 1.78 bits per heavy atom. The van der Waals surface area contributed by atoms with E-state index >= 15 is 0 Å². The SMILES string of the molecule is CCCc1c(OCCCSc2ccc(C(=O)C(C)CC(=O)O)cc2)ccc(C(C)=O)c1O. The lowest BCUT2D eigenvalue weighted by Gasteiger charge is -2.14. The molecule has 0 aliphatic heterocycles. The molecule has 32 heavy (non-hydrogen) atoms. The summed E-state index contributed by atoms with van der Waals surface area (Å²) >= 11 is 1.64. The molecule has 0 aliphatic carbocycles. The predicted molar refractivity (Wildman–Crippen MR) is 125 cm³/mol. The molecule has 0 heterocycles. The molecule has 0 spiro atoms. The maximum atomic E-state index is 12.3. The van der Waals surface area contributed by atoms with E-state index in [0.29, 0.717) is 35.5 Å². The minimum absolute atomic E-state index is 0.0125. The van der Waals surface area contributed by atoms with E-state index in [4.69, 9.17) is 9.84 Å². The van der Waals surface area contributed by atoms with Crippen molar-refractivity contribution in [2.45, 2.75) is 51.3 Å². The van der Waals surface area contributed by atoms with Crippen LogP contribution in [-0.2, 0) is 11.2 Å². The molecule has 6 nitrogen and oxygen atoms in total. The van der Waals surface area contributed by atoms with Gasteiger partial charge in [-0.2, -0.15) is 0 Å². The van der Waals surface area contributed by atoms with Crippen LogP contribution in [0.3, 0.4) is 0 Å². The summed E-state index contributed by atoms with van der Waals surface area (Å²) in [7, 11) is 0. The fraction of sp³-hybridized carbons (Fsp3) is 0.400. The lowest BCUT2D eigenvalue weighted by atomic mass is 9.97. The van der Waals surface area contributed by atoms with Crippen LogP contribution >= 0.6 is 11.8 Å². The van der Waals surface area contributed by atoms with Gasteiger partial charge in [-0.25, -0.2) is 0 Å². The molecule has 0 saturated carbocycles. The summed E-state index contributed by atoms with van der Waals surface area (Å²) in [4.78, 5) is 35.7. The van der Waals surface area contributed by atoms with Gasteiger partial charge in [0.05, 0.1) is 18.6 Å². The molecule has 172 valence electrons. The third-order valence-electron chi connectivity index (χ3n) is 5.00. The van der Waals surface area contributed by atoms with Crippen molar-refractivity contribution in [1.82, 2.24) is 0 Å². The van der Waals surface area contributed by atoms with Crippen molar-refractivity contribution in [3.8, 4) is 11.5 Å². The first kappa shape index (κ1) is 25.5. The van der Waals surface area contributed by atoms with E-state index in [1.54, 1.807) is 43.0 Å². The van der Waals surface area contributed by atoms with E-state index in [-0.39, 0.29) is 23.7 Å². The van der Waals surface area contributed by atoms with E-state index < -0.39 is 11.9 Å². The molecular weight excluding hydrogens is 428 g/mol. The number of aliphatic carboxylic acids is 1. The van der Waals surface area contributed by atoms with E-state index in [0.717, 1.165) is 23.5 Å². The van der Waals surface area contributed by atoms with Gasteiger partial charge in [0, 0.05) is 27.7 Å². The first-order valence-electron chi connectivity index (χ1n) is 10.7. The van der Waals surface area contributed by atoms with Gasteiger partial charge < -0.3 is 14.9 Å². The van der Waals surface area contributed by atoms with Crippen molar-refractivity contribution in [3.05, 3.63) is 53.1 Å². The summed E-state index contributed by atoms with van der Waals surface area (Å²) in [6.45, 7) is 5.54. The van der Waals surface area contributed by atoms with Crippen LogP contribution < -0.4 is 4.74 Å². The van der Waals surface area contributed by atoms with Gasteiger partial charge in [0.25, 0.3) is 0 Å². The number of Topliss-reactive ketones (excluding diaryl/α,β-unsaturated/α-hetero) is 2. The van der Waals surface area contributed by atoms with Crippen LogP contribution in [0.5, 0.6) is 11.5 Å². The normalized spacial score (nSPS) is 11.7. The zero-order chi connectivity index (χ0) is 23.7. The highest BCUT2D eigenvalue weighted by molar-refractivity contribution is 7.99. The first-order chi connectivity index (χ1) is 15.2. The molecule has 0 fully saturated rings. The number of benzene rings is 2. The van der Waals surface area contributed by atoms with E-state index in [1.807, 2.05) is 19.1 Å². The van der Waals surface area contributed by atoms with E-state index in [1.165, 1.54) is 6.92 Å². The van der Waals surface area contributed by atoms with Gasteiger partial charge in [0.1, 0.15) is 11.5 Å². The molecule has 2 aromatic carbocycles. The Labute approximate surface area is 193 Å². The fourth-order valence-electron chi connectivity index (χ4n) is 3.31. The van der Waals surface area contributed by atoms with Crippen molar-refractivity contribution >= 4 is 29.3 Å². The molecule has 2 N–H and O–H groups in total. The number of carboxylic acid groups (broad SMARTS) is 1. The van der Waals surface area contributed by atoms with Gasteiger partial charge in [-0.3, -0.25) is 14.4 Å². The zero-order valence-electron chi connectivity index (χ0n) is 18.7. The second-order valence-electron chi connectivity index (χ2n) is 7.68. The van der Waals surface area contributed by atoms with Crippen LogP contribution in [0.1, 0.15) is 66.3 Å². The van der Waals surface area contributed by atoms with Crippen molar-refractivity contribution in [1.29, 1.82) is 0 Å². The summed E-state index contributed by atoms with van der Waals surface area (Å²) in [6, 6.07) is 10.5. The number of phenolic OH excluding ortho intramolecular Hbond substituents is 1. The maximum Gasteiger partial charge on any atom is 0.304 e. The highest BCUT2D eigenvalue weighted by Gasteiger charge is 2.18. The monoisotopic (exact) mass is 458 g/mol. The van der Waals surface area contributed by atoms with E-state index in [2.05, 4.69) is 0 Å². The van der Waals surface area contributed by atoms with Gasteiger partial charge in [-0.1, -0.05) is 32.4 Å². The number of carbonyl (C=O) groups is 3. The van der Waals surface area contributed by atoms with Crippen LogP contribution in [0.4, 0.5) is 0 Å². The number of ether oxygens (including phenoxy) is 1. The molecule has 1 unspecified atom stereocenters. The molecule has 2 aromatic rings. The van der Waals surface area contributed by atoms with Gasteiger partial charge in [-0.05, 0) is 44.0 Å². The Hall–Kier alpha value is -2.80. The van der Waals surface area contributed by atoms with Crippen molar-refractivity contribution in [2.75, 3.05) is 12.4 Å². The number of phenols is 1. The summed E-state index contributed by atoms with van der Waals surface area (Å²) in [5.41, 5.74) is 1.50. The highest BCUT2D eigenvalue weighted by atomic mass is 32.2. The quantitative estimate of drug-likeness (QED) is 0.235. The average molecular weight is 459 g/mol. The lowest BCUT2D eigenvalue weighted by molar-refractivity contribution is -0.137. The number of hydrogen-bond donors (Lipinski definition) is 2. The fourth-order valence-corrected chi connectivity index (χ4v) is 4.14. The van der Waals surface area contributed by atoms with Crippen LogP contribution in [-0.4, -0.2) is 40.1 Å². The highest BCUT2D eigenvalue weighted by Crippen LogP contribution is 2.33. The van der Waals surface area contributed by atoms with Crippen LogP contribution in [0.25, 0.3) is 0 Å². The molecule has 0 radical (unpaired) electrons. The Morgan fingerprint density at radius 3 is 2.38 bits per heavy atom. The Morgan fingerprint density at radius 1 is 1.09 bits per heavy atom. The molecule has 0 bridgehead atoms. The van der Waals surface area contributed by atoms with Gasteiger partial charge in [-0.15, -0.1) is 11.8 Å². The van der Waals surface area contributed by atoms with Gasteiger partial charge in [0.15, 0.2) is 11.6 Å². The Bertz CT molecular complexity index is 952. The number of carboxylic acids is 1. The smallest absolute Gasteiger partial charge is 0.304 e. The molecule has 0 aliphatic rings. The minimum atomic E-state index is -0.980. The molecular formula is C25H30O6S. The molecule has 0 amide bonds. The van der Waals surface area contributed by atoms with Crippen LogP contribution in [0.2, 0.25) is 0 Å². The third-order valence-corrected chi connectivity index (χ3v) is 6.10. The topological polar surface area (TPSA) is 101 Å².